The van der Waals surface area contributed by atoms with Gasteiger partial charge in [0.2, 0.25) is 11.8 Å². The topological polar surface area (TPSA) is 110 Å². The number of likely N-dealkylation sites (tertiary alicyclic amines) is 1. The summed E-state index contributed by atoms with van der Waals surface area (Å²) < 4.78 is 0. The van der Waals surface area contributed by atoms with Gasteiger partial charge in [-0.15, -0.1) is 0 Å². The van der Waals surface area contributed by atoms with Crippen molar-refractivity contribution < 1.29 is 24.3 Å². The van der Waals surface area contributed by atoms with E-state index in [0.717, 1.165) is 62.4 Å². The molecule has 4 amide bonds. The summed E-state index contributed by atoms with van der Waals surface area (Å²) in [5.41, 5.74) is 0. The van der Waals surface area contributed by atoms with E-state index in [9.17, 15) is 24.3 Å². The number of hydrogen-bond donors (Lipinski definition) is 2. The van der Waals surface area contributed by atoms with E-state index in [1.807, 2.05) is 4.90 Å². The molecule has 3 saturated heterocycles. The number of imide groups is 1. The Morgan fingerprint density at radius 2 is 1.53 bits per heavy atom. The van der Waals surface area contributed by atoms with E-state index in [-0.39, 0.29) is 17.7 Å². The van der Waals surface area contributed by atoms with Gasteiger partial charge in [0.25, 0.3) is 0 Å². The lowest BCUT2D eigenvalue weighted by molar-refractivity contribution is -0.167. The number of urea groups is 1. The number of nitrogens with one attached hydrogen (secondary N) is 1. The third kappa shape index (κ3) is 6.03. The smallest absolute Gasteiger partial charge is 0.327 e. The lowest BCUT2D eigenvalue weighted by Gasteiger charge is -2.47. The second-order valence-corrected chi connectivity index (χ2v) is 11.3. The van der Waals surface area contributed by atoms with Crippen LogP contribution < -0.4 is 5.32 Å². The molecule has 4 rings (SSSR count). The van der Waals surface area contributed by atoms with Crippen molar-refractivity contribution in [2.75, 3.05) is 39.3 Å². The molecule has 9 heteroatoms. The highest BCUT2D eigenvalue weighted by molar-refractivity contribution is 6.07. The molecule has 3 aliphatic heterocycles. The van der Waals surface area contributed by atoms with Crippen LogP contribution in [0.2, 0.25) is 0 Å². The zero-order valence-corrected chi connectivity index (χ0v) is 21.8. The first kappa shape index (κ1) is 26.9. The molecule has 202 valence electrons. The van der Waals surface area contributed by atoms with E-state index < -0.39 is 24.0 Å². The second kappa shape index (κ2) is 12.4. The summed E-state index contributed by atoms with van der Waals surface area (Å²) in [5, 5.41) is 13.1. The number of nitrogens with zero attached hydrogens (tertiary/aromatic N) is 3. The van der Waals surface area contributed by atoms with Crippen molar-refractivity contribution in [2.24, 2.45) is 23.7 Å². The summed E-state index contributed by atoms with van der Waals surface area (Å²) in [4.78, 5) is 55.4. The maximum atomic E-state index is 13.1. The van der Waals surface area contributed by atoms with Crippen molar-refractivity contribution in [3.63, 3.8) is 0 Å². The van der Waals surface area contributed by atoms with Gasteiger partial charge < -0.3 is 20.2 Å². The van der Waals surface area contributed by atoms with Crippen molar-refractivity contribution in [2.45, 2.75) is 83.6 Å². The molecule has 1 saturated carbocycles. The second-order valence-electron chi connectivity index (χ2n) is 11.3. The third-order valence-electron chi connectivity index (χ3n) is 8.99. The molecule has 0 bridgehead atoms. The number of hydrogen-bond acceptors (Lipinski definition) is 5. The van der Waals surface area contributed by atoms with Gasteiger partial charge in [-0.1, -0.05) is 32.6 Å². The van der Waals surface area contributed by atoms with E-state index in [1.54, 1.807) is 4.90 Å². The van der Waals surface area contributed by atoms with Crippen LogP contribution in [0.4, 0.5) is 4.79 Å². The molecule has 3 heterocycles. The number of rotatable bonds is 8. The van der Waals surface area contributed by atoms with Crippen LogP contribution in [0.15, 0.2) is 0 Å². The van der Waals surface area contributed by atoms with Crippen LogP contribution in [-0.2, 0) is 14.4 Å². The number of β-lactam (4-membered cyclic amide) rings is 1. The number of carbonyl (C=O) groups is 4. The molecule has 0 aromatic carbocycles. The van der Waals surface area contributed by atoms with Gasteiger partial charge in [-0.05, 0) is 69.9 Å². The molecule has 0 aromatic heterocycles. The standard InChI is InChI=1S/C27H44N4O5/c1-2-3-4-5-19-6-8-21(9-7-19)24(32)29-14-16-30(17-15-29)27(36)31-23(26(34)35)22(25(31)33)18-20-10-12-28-13-11-20/h19-23,28H,2-18H2,1H3,(H,34,35)/t19?,21?,22-,23+/m1/s1. The SMILES string of the molecule is CCCCCC1CCC(C(=O)N2CCN(C(=O)N3C(=O)[C@H](CC4CCNCC4)[C@H]3C(=O)O)CC2)CC1. The van der Waals surface area contributed by atoms with Crippen LogP contribution in [0.5, 0.6) is 0 Å². The molecule has 9 nitrogen and oxygen atoms in total. The molecule has 0 radical (unpaired) electrons. The highest BCUT2D eigenvalue weighted by Gasteiger charge is 2.56. The number of piperazine rings is 1. The normalized spacial score (nSPS) is 29.7. The Kier molecular flexibility index (Phi) is 9.25. The van der Waals surface area contributed by atoms with Crippen LogP contribution in [0.1, 0.15) is 77.6 Å². The lowest BCUT2D eigenvalue weighted by atomic mass is 9.78. The molecule has 2 atom stereocenters. The molecule has 2 N–H and O–H groups in total. The van der Waals surface area contributed by atoms with Gasteiger partial charge in [0.15, 0.2) is 6.04 Å². The highest BCUT2D eigenvalue weighted by Crippen LogP contribution is 2.36. The molecular formula is C27H44N4O5. The molecule has 0 spiro atoms. The Balaban J connectivity index is 1.24. The lowest BCUT2D eigenvalue weighted by Crippen LogP contribution is -2.69. The van der Waals surface area contributed by atoms with Gasteiger partial charge in [-0.25, -0.2) is 14.5 Å². The minimum Gasteiger partial charge on any atom is -0.480 e. The molecule has 1 aliphatic carbocycles. The van der Waals surface area contributed by atoms with Gasteiger partial charge in [0.05, 0.1) is 5.92 Å². The van der Waals surface area contributed by atoms with Gasteiger partial charge in [0, 0.05) is 32.1 Å². The average Bonchev–Trinajstić information content (AvgIpc) is 2.90. The summed E-state index contributed by atoms with van der Waals surface area (Å²) in [6, 6.07) is -1.60. The predicted molar refractivity (Wildman–Crippen MR) is 135 cm³/mol. The van der Waals surface area contributed by atoms with E-state index in [2.05, 4.69) is 12.2 Å². The minimum absolute atomic E-state index is 0.0822. The molecule has 4 aliphatic rings. The first-order valence-corrected chi connectivity index (χ1v) is 14.2. The van der Waals surface area contributed by atoms with Crippen LogP contribution >= 0.6 is 0 Å². The Bertz CT molecular complexity index is 798. The fourth-order valence-corrected chi connectivity index (χ4v) is 6.66. The third-order valence-corrected chi connectivity index (χ3v) is 8.99. The monoisotopic (exact) mass is 504 g/mol. The van der Waals surface area contributed by atoms with Crippen LogP contribution in [-0.4, -0.2) is 88.9 Å². The Hall–Kier alpha value is -2.16. The van der Waals surface area contributed by atoms with Crippen LogP contribution in [0.25, 0.3) is 0 Å². The quantitative estimate of drug-likeness (QED) is 0.389. The van der Waals surface area contributed by atoms with Gasteiger partial charge in [-0.3, -0.25) is 9.59 Å². The summed E-state index contributed by atoms with van der Waals surface area (Å²) in [5.74, 6) is -0.737. The van der Waals surface area contributed by atoms with E-state index in [0.29, 0.717) is 38.5 Å². The largest absolute Gasteiger partial charge is 0.480 e. The molecule has 36 heavy (non-hydrogen) atoms. The average molecular weight is 505 g/mol. The number of unbranched alkanes of at least 4 members (excludes halogenated alkanes) is 2. The van der Waals surface area contributed by atoms with Crippen molar-refractivity contribution in [3.8, 4) is 0 Å². The number of carboxylic acid groups (broad SMARTS) is 1. The van der Waals surface area contributed by atoms with E-state index >= 15 is 0 Å². The van der Waals surface area contributed by atoms with Gasteiger partial charge in [-0.2, -0.15) is 0 Å². The number of aliphatic carboxylic acids is 1. The molecule has 0 aromatic rings. The maximum Gasteiger partial charge on any atom is 0.327 e. The summed E-state index contributed by atoms with van der Waals surface area (Å²) in [6.45, 7) is 5.56. The number of carbonyl (C=O) groups excluding carboxylic acids is 3. The fourth-order valence-electron chi connectivity index (χ4n) is 6.66. The Morgan fingerprint density at radius 1 is 0.889 bits per heavy atom. The predicted octanol–water partition coefficient (Wildman–Crippen LogP) is 2.94. The minimum atomic E-state index is -1.11. The zero-order valence-electron chi connectivity index (χ0n) is 21.8. The summed E-state index contributed by atoms with van der Waals surface area (Å²) in [7, 11) is 0. The maximum absolute atomic E-state index is 13.1. The zero-order chi connectivity index (χ0) is 25.7. The van der Waals surface area contributed by atoms with E-state index in [1.165, 1.54) is 25.7 Å². The Morgan fingerprint density at radius 3 is 2.14 bits per heavy atom. The molecule has 0 unspecified atom stereocenters. The van der Waals surface area contributed by atoms with Crippen molar-refractivity contribution in [1.82, 2.24) is 20.0 Å². The van der Waals surface area contributed by atoms with Crippen molar-refractivity contribution in [3.05, 3.63) is 0 Å². The molecular weight excluding hydrogens is 460 g/mol. The van der Waals surface area contributed by atoms with Crippen LogP contribution in [0, 0.1) is 23.7 Å². The molecule has 4 fully saturated rings. The van der Waals surface area contributed by atoms with Crippen molar-refractivity contribution in [1.29, 1.82) is 0 Å². The number of piperidine rings is 1. The number of carboxylic acids is 1. The van der Waals surface area contributed by atoms with Gasteiger partial charge >= 0.3 is 12.0 Å². The Labute approximate surface area is 214 Å². The van der Waals surface area contributed by atoms with E-state index in [4.69, 9.17) is 0 Å². The summed E-state index contributed by atoms with van der Waals surface area (Å²) >= 11 is 0. The van der Waals surface area contributed by atoms with Crippen LogP contribution in [0.3, 0.4) is 0 Å². The fraction of sp³-hybridized carbons (Fsp3) is 0.852. The number of amides is 4. The van der Waals surface area contributed by atoms with Crippen molar-refractivity contribution >= 4 is 23.8 Å². The summed E-state index contributed by atoms with van der Waals surface area (Å²) in [6.07, 6.45) is 11.7. The first-order chi connectivity index (χ1) is 17.4. The first-order valence-electron chi connectivity index (χ1n) is 14.2. The highest BCUT2D eigenvalue weighted by atomic mass is 16.4. The van der Waals surface area contributed by atoms with Gasteiger partial charge in [0.1, 0.15) is 0 Å².